The predicted molar refractivity (Wildman–Crippen MR) is 305 cm³/mol. The quantitative estimate of drug-likeness (QED) is 0.144. The third-order valence-electron chi connectivity index (χ3n) is 14.7. The average molecular weight is 915 g/mol. The Morgan fingerprint density at radius 3 is 0.931 bits per heavy atom. The van der Waals surface area contributed by atoms with Gasteiger partial charge in [0.25, 0.3) is 0 Å². The van der Waals surface area contributed by atoms with Crippen molar-refractivity contribution in [3.05, 3.63) is 279 Å². The summed E-state index contributed by atoms with van der Waals surface area (Å²) in [5.74, 6) is 0. The van der Waals surface area contributed by atoms with Crippen LogP contribution in [0.5, 0.6) is 0 Å². The minimum atomic E-state index is 1.15. The first kappa shape index (κ1) is 41.5. The summed E-state index contributed by atoms with van der Waals surface area (Å²) in [6.07, 6.45) is 0. The molecule has 2 heteroatoms. The Balaban J connectivity index is 0.829. The van der Waals surface area contributed by atoms with Gasteiger partial charge in [-0.2, -0.15) is 0 Å². The minimum Gasteiger partial charge on any atom is -0.309 e. The topological polar surface area (TPSA) is 9.86 Å². The van der Waals surface area contributed by atoms with Crippen molar-refractivity contribution in [2.24, 2.45) is 0 Å². The molecule has 14 rings (SSSR count). The van der Waals surface area contributed by atoms with Crippen molar-refractivity contribution >= 4 is 54.4 Å². The number of fused-ring (bicyclic) bond motifs is 7. The van der Waals surface area contributed by atoms with Gasteiger partial charge < -0.3 is 9.13 Å². The molecule has 14 aromatic rings. The first-order chi connectivity index (χ1) is 35.7. The van der Waals surface area contributed by atoms with E-state index in [1.807, 2.05) is 0 Å². The lowest BCUT2D eigenvalue weighted by molar-refractivity contribution is 1.18. The van der Waals surface area contributed by atoms with Crippen LogP contribution in [0.25, 0.3) is 133 Å². The van der Waals surface area contributed by atoms with E-state index in [4.69, 9.17) is 0 Å². The molecule has 0 amide bonds. The Labute approximate surface area is 418 Å². The van der Waals surface area contributed by atoms with Crippen LogP contribution >= 0.6 is 0 Å². The Hall–Kier alpha value is -9.50. The molecule has 2 heterocycles. The Bertz CT molecular complexity index is 4070. The van der Waals surface area contributed by atoms with Gasteiger partial charge in [-0.25, -0.2) is 0 Å². The van der Waals surface area contributed by atoms with E-state index in [0.29, 0.717) is 0 Å². The van der Waals surface area contributed by atoms with Gasteiger partial charge in [-0.15, -0.1) is 0 Å². The van der Waals surface area contributed by atoms with E-state index in [-0.39, 0.29) is 0 Å². The second-order valence-electron chi connectivity index (χ2n) is 18.8. The monoisotopic (exact) mass is 914 g/mol. The van der Waals surface area contributed by atoms with Crippen LogP contribution < -0.4 is 0 Å². The van der Waals surface area contributed by atoms with Crippen LogP contribution in [-0.2, 0) is 0 Å². The zero-order valence-electron chi connectivity index (χ0n) is 39.5. The summed E-state index contributed by atoms with van der Waals surface area (Å²) in [6.45, 7) is 0. The molecule has 0 N–H and O–H groups in total. The van der Waals surface area contributed by atoms with E-state index >= 15 is 0 Å². The normalized spacial score (nSPS) is 11.6. The van der Waals surface area contributed by atoms with Crippen molar-refractivity contribution in [1.82, 2.24) is 9.13 Å². The Morgan fingerprint density at radius 2 is 0.514 bits per heavy atom. The van der Waals surface area contributed by atoms with Crippen LogP contribution in [-0.4, -0.2) is 9.13 Å². The molecule has 0 aliphatic carbocycles. The summed E-state index contributed by atoms with van der Waals surface area (Å²) in [4.78, 5) is 0. The fraction of sp³-hybridized carbons (Fsp3) is 0. The molecule has 12 aromatic carbocycles. The molecule has 0 atom stereocenters. The summed E-state index contributed by atoms with van der Waals surface area (Å²) in [5, 5.41) is 7.49. The Morgan fingerprint density at radius 1 is 0.194 bits per heavy atom. The van der Waals surface area contributed by atoms with E-state index in [2.05, 4.69) is 288 Å². The fourth-order valence-corrected chi connectivity index (χ4v) is 11.5. The molecule has 0 unspecified atom stereocenters. The van der Waals surface area contributed by atoms with Crippen molar-refractivity contribution in [1.29, 1.82) is 0 Å². The highest BCUT2D eigenvalue weighted by Gasteiger charge is 2.19. The highest BCUT2D eigenvalue weighted by molar-refractivity contribution is 6.17. The van der Waals surface area contributed by atoms with Gasteiger partial charge in [0.2, 0.25) is 0 Å². The lowest BCUT2D eigenvalue weighted by Crippen LogP contribution is -1.94. The van der Waals surface area contributed by atoms with E-state index in [0.717, 1.165) is 11.4 Å². The molecule has 0 spiro atoms. The van der Waals surface area contributed by atoms with Crippen LogP contribution in [0.1, 0.15) is 0 Å². The fourth-order valence-electron chi connectivity index (χ4n) is 11.5. The highest BCUT2D eigenvalue weighted by atomic mass is 15.0. The summed E-state index contributed by atoms with van der Waals surface area (Å²) >= 11 is 0. The number of hydrogen-bond acceptors (Lipinski definition) is 0. The van der Waals surface area contributed by atoms with Gasteiger partial charge in [0.05, 0.1) is 22.1 Å². The molecule has 72 heavy (non-hydrogen) atoms. The summed E-state index contributed by atoms with van der Waals surface area (Å²) in [5.41, 5.74) is 21.6. The van der Waals surface area contributed by atoms with Gasteiger partial charge in [0.15, 0.2) is 0 Å². The molecule has 0 saturated heterocycles. The maximum atomic E-state index is 2.42. The number of nitrogens with zero attached hydrogens (tertiary/aromatic N) is 2. The van der Waals surface area contributed by atoms with Crippen molar-refractivity contribution in [2.75, 3.05) is 0 Å². The largest absolute Gasteiger partial charge is 0.309 e. The Kier molecular flexibility index (Phi) is 9.89. The molecule has 0 aliphatic heterocycles. The third-order valence-corrected chi connectivity index (χ3v) is 14.7. The lowest BCUT2D eigenvalue weighted by Gasteiger charge is -2.14. The maximum Gasteiger partial charge on any atom is 0.0547 e. The van der Waals surface area contributed by atoms with Crippen molar-refractivity contribution in [3.63, 3.8) is 0 Å². The summed E-state index contributed by atoms with van der Waals surface area (Å²) in [7, 11) is 0. The molecule has 336 valence electrons. The van der Waals surface area contributed by atoms with Crippen LogP contribution in [0.4, 0.5) is 0 Å². The van der Waals surface area contributed by atoms with E-state index < -0.39 is 0 Å². The van der Waals surface area contributed by atoms with Crippen molar-refractivity contribution in [2.45, 2.75) is 0 Å². The summed E-state index contributed by atoms with van der Waals surface area (Å²) in [6, 6.07) is 102. The number of para-hydroxylation sites is 2. The second-order valence-corrected chi connectivity index (χ2v) is 18.8. The van der Waals surface area contributed by atoms with E-state index in [9.17, 15) is 0 Å². The highest BCUT2D eigenvalue weighted by Crippen LogP contribution is 2.43. The lowest BCUT2D eigenvalue weighted by atomic mass is 9.90. The van der Waals surface area contributed by atoms with E-state index in [1.165, 1.54) is 121 Å². The van der Waals surface area contributed by atoms with Gasteiger partial charge in [-0.1, -0.05) is 231 Å². The SMILES string of the molecule is c1ccc(-c2cccc(-n3c4ccccc4c4c(-c5ccc(-c6cccc7cccc(-c8ccc(-c9cccc%10c9c9ccccc9n%10-c9cccc(-c%10ccccc%10)c9)cc8)c67)cc5)cccc43)c2)cc1. The second kappa shape index (κ2) is 17.2. The first-order valence-electron chi connectivity index (χ1n) is 24.8. The standard InChI is InChI=1S/C70H46N2/c1-3-17-47(18-4-1)54-23-11-25-56(45-54)71-64-33-9-7-27-62(64)69-60(31-15-35-66(69)71)51-41-37-49(38-42-51)58-29-13-21-53-22-14-30-59(68(53)58)50-39-43-52(44-40-50)61-32-16-36-67-70(61)63-28-8-10-34-65(63)72(67)57-26-12-24-55(46-57)48-19-5-2-6-20-48/h1-46H. The molecule has 2 aromatic heterocycles. The molecule has 0 bridgehead atoms. The van der Waals surface area contributed by atoms with Crippen LogP contribution in [0.15, 0.2) is 279 Å². The number of rotatable bonds is 8. The maximum absolute atomic E-state index is 2.42. The third kappa shape index (κ3) is 6.88. The van der Waals surface area contributed by atoms with Crippen LogP contribution in [0.3, 0.4) is 0 Å². The average Bonchev–Trinajstić information content (AvgIpc) is 3.99. The van der Waals surface area contributed by atoms with E-state index in [1.54, 1.807) is 0 Å². The van der Waals surface area contributed by atoms with Gasteiger partial charge in [0, 0.05) is 32.9 Å². The van der Waals surface area contributed by atoms with Crippen LogP contribution in [0.2, 0.25) is 0 Å². The smallest absolute Gasteiger partial charge is 0.0547 e. The molecule has 0 radical (unpaired) electrons. The zero-order chi connectivity index (χ0) is 47.5. The van der Waals surface area contributed by atoms with Gasteiger partial charge in [-0.05, 0) is 126 Å². The van der Waals surface area contributed by atoms with Gasteiger partial charge in [-0.3, -0.25) is 0 Å². The van der Waals surface area contributed by atoms with Crippen LogP contribution in [0, 0.1) is 0 Å². The van der Waals surface area contributed by atoms with Crippen molar-refractivity contribution in [3.8, 4) is 78.1 Å². The molecular weight excluding hydrogens is 869 g/mol. The van der Waals surface area contributed by atoms with Crippen molar-refractivity contribution < 1.29 is 0 Å². The molecule has 0 aliphatic rings. The molecular formula is C70H46N2. The predicted octanol–water partition coefficient (Wildman–Crippen LogP) is 19.0. The first-order valence-corrected chi connectivity index (χ1v) is 24.8. The molecule has 0 fully saturated rings. The minimum absolute atomic E-state index is 1.15. The zero-order valence-corrected chi connectivity index (χ0v) is 39.5. The van der Waals surface area contributed by atoms with Gasteiger partial charge in [0.1, 0.15) is 0 Å². The number of benzene rings is 12. The number of hydrogen-bond donors (Lipinski definition) is 0. The molecule has 2 nitrogen and oxygen atoms in total. The van der Waals surface area contributed by atoms with Gasteiger partial charge >= 0.3 is 0 Å². The summed E-state index contributed by atoms with van der Waals surface area (Å²) < 4.78 is 4.84. The molecule has 0 saturated carbocycles. The number of aromatic nitrogens is 2.